The second kappa shape index (κ2) is 8.86. The number of rotatable bonds is 7. The van der Waals surface area contributed by atoms with Crippen molar-refractivity contribution in [3.05, 3.63) is 60.2 Å². The fourth-order valence-corrected chi connectivity index (χ4v) is 4.07. The van der Waals surface area contributed by atoms with E-state index in [0.717, 1.165) is 12.1 Å². The minimum Gasteiger partial charge on any atom is -0.326 e. The SMILES string of the molecule is CCc1cccc(NC(=O)CCSC2CC(=O)N(c3ccccc3)C2=O)c1. The zero-order valence-electron chi connectivity index (χ0n) is 15.2. The molecule has 5 nitrogen and oxygen atoms in total. The van der Waals surface area contributed by atoms with E-state index in [-0.39, 0.29) is 24.1 Å². The number of aryl methyl sites for hydroxylation is 1. The van der Waals surface area contributed by atoms with Gasteiger partial charge in [0.05, 0.1) is 10.9 Å². The molecule has 3 amide bonds. The van der Waals surface area contributed by atoms with Crippen LogP contribution in [0.25, 0.3) is 0 Å². The Morgan fingerprint density at radius 3 is 2.67 bits per heavy atom. The summed E-state index contributed by atoms with van der Waals surface area (Å²) in [6.07, 6.45) is 1.39. The molecule has 1 N–H and O–H groups in total. The standard InChI is InChI=1S/C21H22N2O3S/c1-2-15-7-6-8-16(13-15)22-19(24)11-12-27-18-14-20(25)23(21(18)26)17-9-4-3-5-10-17/h3-10,13,18H,2,11-12,14H2,1H3,(H,22,24). The molecule has 0 spiro atoms. The van der Waals surface area contributed by atoms with Gasteiger partial charge in [0.1, 0.15) is 0 Å². The van der Waals surface area contributed by atoms with Crippen molar-refractivity contribution in [3.8, 4) is 0 Å². The zero-order chi connectivity index (χ0) is 19.2. The maximum atomic E-state index is 12.5. The molecule has 1 unspecified atom stereocenters. The van der Waals surface area contributed by atoms with Gasteiger partial charge in [0, 0.05) is 24.3 Å². The molecule has 27 heavy (non-hydrogen) atoms. The van der Waals surface area contributed by atoms with Crippen LogP contribution in [0.15, 0.2) is 54.6 Å². The smallest absolute Gasteiger partial charge is 0.247 e. The van der Waals surface area contributed by atoms with Crippen molar-refractivity contribution in [2.75, 3.05) is 16.0 Å². The van der Waals surface area contributed by atoms with Gasteiger partial charge in [-0.2, -0.15) is 0 Å². The molecule has 1 aliphatic rings. The van der Waals surface area contributed by atoms with Gasteiger partial charge in [-0.15, -0.1) is 11.8 Å². The molecule has 1 atom stereocenters. The predicted octanol–water partition coefficient (Wildman–Crippen LogP) is 3.64. The van der Waals surface area contributed by atoms with E-state index in [2.05, 4.69) is 12.2 Å². The van der Waals surface area contributed by atoms with Crippen LogP contribution in [0.1, 0.15) is 25.3 Å². The van der Waals surface area contributed by atoms with Crippen molar-refractivity contribution >= 4 is 40.9 Å². The van der Waals surface area contributed by atoms with Gasteiger partial charge < -0.3 is 5.32 Å². The van der Waals surface area contributed by atoms with Gasteiger partial charge >= 0.3 is 0 Å². The maximum Gasteiger partial charge on any atom is 0.247 e. The van der Waals surface area contributed by atoms with Gasteiger partial charge in [0.2, 0.25) is 17.7 Å². The van der Waals surface area contributed by atoms with E-state index in [0.29, 0.717) is 17.9 Å². The van der Waals surface area contributed by atoms with E-state index < -0.39 is 5.25 Å². The average molecular weight is 382 g/mol. The van der Waals surface area contributed by atoms with Gasteiger partial charge in [0.25, 0.3) is 0 Å². The summed E-state index contributed by atoms with van der Waals surface area (Å²) in [6, 6.07) is 16.7. The fraction of sp³-hybridized carbons (Fsp3) is 0.286. The van der Waals surface area contributed by atoms with Crippen LogP contribution in [0.4, 0.5) is 11.4 Å². The van der Waals surface area contributed by atoms with Crippen LogP contribution in [-0.4, -0.2) is 28.7 Å². The molecule has 140 valence electrons. The van der Waals surface area contributed by atoms with Crippen molar-refractivity contribution in [1.29, 1.82) is 0 Å². The number of nitrogens with zero attached hydrogens (tertiary/aromatic N) is 1. The van der Waals surface area contributed by atoms with E-state index in [9.17, 15) is 14.4 Å². The molecule has 1 saturated heterocycles. The van der Waals surface area contributed by atoms with E-state index in [1.807, 2.05) is 30.3 Å². The van der Waals surface area contributed by atoms with Gasteiger partial charge in [-0.1, -0.05) is 37.3 Å². The summed E-state index contributed by atoms with van der Waals surface area (Å²) >= 11 is 1.37. The minimum atomic E-state index is -0.422. The van der Waals surface area contributed by atoms with Crippen LogP contribution in [0, 0.1) is 0 Å². The molecule has 0 saturated carbocycles. The normalized spacial score (nSPS) is 16.6. The summed E-state index contributed by atoms with van der Waals surface area (Å²) in [5, 5.41) is 2.46. The van der Waals surface area contributed by atoms with Crippen molar-refractivity contribution in [2.45, 2.75) is 31.4 Å². The number of hydrogen-bond donors (Lipinski definition) is 1. The largest absolute Gasteiger partial charge is 0.326 e. The molecule has 1 heterocycles. The molecule has 3 rings (SSSR count). The summed E-state index contributed by atoms with van der Waals surface area (Å²) in [5.74, 6) is 0.00949. The van der Waals surface area contributed by atoms with Gasteiger partial charge in [-0.25, -0.2) is 4.90 Å². The number of anilines is 2. The topological polar surface area (TPSA) is 66.5 Å². The third-order valence-electron chi connectivity index (χ3n) is 4.39. The van der Waals surface area contributed by atoms with Crippen LogP contribution < -0.4 is 10.2 Å². The number of benzene rings is 2. The number of para-hydroxylation sites is 1. The summed E-state index contributed by atoms with van der Waals surface area (Å²) in [5.41, 5.74) is 2.55. The number of carbonyl (C=O) groups is 3. The predicted molar refractivity (Wildman–Crippen MR) is 109 cm³/mol. The summed E-state index contributed by atoms with van der Waals surface area (Å²) in [7, 11) is 0. The molecule has 6 heteroatoms. The van der Waals surface area contributed by atoms with E-state index in [1.165, 1.54) is 22.2 Å². The molecule has 0 bridgehead atoms. The summed E-state index contributed by atoms with van der Waals surface area (Å²) < 4.78 is 0. The molecular weight excluding hydrogens is 360 g/mol. The number of hydrogen-bond acceptors (Lipinski definition) is 4. The number of imide groups is 1. The van der Waals surface area contributed by atoms with E-state index in [4.69, 9.17) is 0 Å². The van der Waals surface area contributed by atoms with Crippen LogP contribution in [0.5, 0.6) is 0 Å². The van der Waals surface area contributed by atoms with Crippen molar-refractivity contribution in [2.24, 2.45) is 0 Å². The van der Waals surface area contributed by atoms with Crippen LogP contribution in [-0.2, 0) is 20.8 Å². The Balaban J connectivity index is 1.49. The zero-order valence-corrected chi connectivity index (χ0v) is 16.0. The van der Waals surface area contributed by atoms with Crippen LogP contribution in [0.2, 0.25) is 0 Å². The molecule has 1 aliphatic heterocycles. The van der Waals surface area contributed by atoms with Gasteiger partial charge in [0.15, 0.2) is 0 Å². The lowest BCUT2D eigenvalue weighted by molar-refractivity contribution is -0.121. The molecule has 0 aliphatic carbocycles. The molecule has 2 aromatic carbocycles. The lowest BCUT2D eigenvalue weighted by Gasteiger charge is -2.14. The summed E-state index contributed by atoms with van der Waals surface area (Å²) in [6.45, 7) is 2.07. The lowest BCUT2D eigenvalue weighted by atomic mass is 10.1. The quantitative estimate of drug-likeness (QED) is 0.743. The van der Waals surface area contributed by atoms with Gasteiger partial charge in [-0.3, -0.25) is 14.4 Å². The van der Waals surface area contributed by atoms with Crippen LogP contribution >= 0.6 is 11.8 Å². The average Bonchev–Trinajstić information content (AvgIpc) is 2.96. The highest BCUT2D eigenvalue weighted by Crippen LogP contribution is 2.29. The van der Waals surface area contributed by atoms with E-state index in [1.54, 1.807) is 24.3 Å². The highest BCUT2D eigenvalue weighted by molar-refractivity contribution is 8.00. The number of amides is 3. The first-order valence-corrected chi connectivity index (χ1v) is 10.1. The molecule has 0 radical (unpaired) electrons. The maximum absolute atomic E-state index is 12.5. The third-order valence-corrected chi connectivity index (χ3v) is 5.60. The van der Waals surface area contributed by atoms with E-state index >= 15 is 0 Å². The minimum absolute atomic E-state index is 0.0903. The second-order valence-corrected chi connectivity index (χ2v) is 7.63. The molecular formula is C21H22N2O3S. The second-order valence-electron chi connectivity index (χ2n) is 6.32. The highest BCUT2D eigenvalue weighted by Gasteiger charge is 2.39. The highest BCUT2D eigenvalue weighted by atomic mass is 32.2. The Bertz CT molecular complexity index is 838. The van der Waals surface area contributed by atoms with Crippen LogP contribution in [0.3, 0.4) is 0 Å². The fourth-order valence-electron chi connectivity index (χ4n) is 2.97. The number of carbonyl (C=O) groups excluding carboxylic acids is 3. The molecule has 2 aromatic rings. The lowest BCUT2D eigenvalue weighted by Crippen LogP contribution is -2.31. The Morgan fingerprint density at radius 2 is 1.93 bits per heavy atom. The Morgan fingerprint density at radius 1 is 1.15 bits per heavy atom. The first kappa shape index (κ1) is 19.2. The first-order valence-electron chi connectivity index (χ1n) is 9.00. The number of nitrogens with one attached hydrogen (secondary N) is 1. The Hall–Kier alpha value is -2.60. The molecule has 1 fully saturated rings. The monoisotopic (exact) mass is 382 g/mol. The summed E-state index contributed by atoms with van der Waals surface area (Å²) in [4.78, 5) is 38.1. The van der Waals surface area contributed by atoms with Crippen molar-refractivity contribution < 1.29 is 14.4 Å². The number of thioether (sulfide) groups is 1. The third kappa shape index (κ3) is 4.77. The first-order chi connectivity index (χ1) is 13.1. The van der Waals surface area contributed by atoms with Crippen molar-refractivity contribution in [1.82, 2.24) is 0 Å². The molecule has 0 aromatic heterocycles. The Labute approximate surface area is 163 Å². The van der Waals surface area contributed by atoms with Gasteiger partial charge in [-0.05, 0) is 36.2 Å². The van der Waals surface area contributed by atoms with Crippen molar-refractivity contribution in [3.63, 3.8) is 0 Å². The Kier molecular flexibility index (Phi) is 6.29.